The minimum atomic E-state index is -0.162. The lowest BCUT2D eigenvalue weighted by Gasteiger charge is -2.22. The van der Waals surface area contributed by atoms with E-state index < -0.39 is 0 Å². The summed E-state index contributed by atoms with van der Waals surface area (Å²) in [6, 6.07) is 17.1. The van der Waals surface area contributed by atoms with Crippen LogP contribution < -0.4 is 5.32 Å². The smallest absolute Gasteiger partial charge is 0.251 e. The predicted octanol–water partition coefficient (Wildman–Crippen LogP) is 4.01. The molecule has 2 amide bonds. The highest BCUT2D eigenvalue weighted by molar-refractivity contribution is 9.10. The second-order valence-electron chi connectivity index (χ2n) is 5.81. The fourth-order valence-corrected chi connectivity index (χ4v) is 2.77. The first-order chi connectivity index (χ1) is 12.1. The highest BCUT2D eigenvalue weighted by atomic mass is 79.9. The quantitative estimate of drug-likeness (QED) is 0.724. The number of carbonyl (C=O) groups is 2. The van der Waals surface area contributed by atoms with Crippen LogP contribution in [0.3, 0.4) is 0 Å². The summed E-state index contributed by atoms with van der Waals surface area (Å²) in [5, 5.41) is 2.81. The monoisotopic (exact) mass is 402 g/mol. The number of amides is 2. The standard InChI is InChI=1S/C20H23BrN2O2/c1-2-14-23(15-16-6-4-3-5-7-16)19(24)12-13-22-20(25)17-8-10-18(21)11-9-17/h3-11H,2,12-15H2,1H3,(H,22,25). The number of hydrogen-bond donors (Lipinski definition) is 1. The lowest BCUT2D eigenvalue weighted by Crippen LogP contribution is -2.34. The van der Waals surface area contributed by atoms with Crippen LogP contribution in [0.25, 0.3) is 0 Å². The van der Waals surface area contributed by atoms with E-state index in [1.54, 1.807) is 12.1 Å². The molecule has 0 radical (unpaired) electrons. The molecule has 2 rings (SSSR count). The van der Waals surface area contributed by atoms with Gasteiger partial charge in [0.2, 0.25) is 5.91 Å². The third-order valence-corrected chi connectivity index (χ3v) is 4.32. The van der Waals surface area contributed by atoms with Crippen molar-refractivity contribution in [1.82, 2.24) is 10.2 Å². The SMILES string of the molecule is CCCN(Cc1ccccc1)C(=O)CCNC(=O)c1ccc(Br)cc1. The molecule has 25 heavy (non-hydrogen) atoms. The Kier molecular flexibility index (Phi) is 7.67. The van der Waals surface area contributed by atoms with Crippen LogP contribution in [-0.4, -0.2) is 29.8 Å². The van der Waals surface area contributed by atoms with Crippen LogP contribution in [0.5, 0.6) is 0 Å². The van der Waals surface area contributed by atoms with Crippen LogP contribution in [0.2, 0.25) is 0 Å². The van der Waals surface area contributed by atoms with E-state index in [0.29, 0.717) is 31.6 Å². The second kappa shape index (κ2) is 9.99. The van der Waals surface area contributed by atoms with Crippen LogP contribution in [-0.2, 0) is 11.3 Å². The van der Waals surface area contributed by atoms with Gasteiger partial charge < -0.3 is 10.2 Å². The molecule has 2 aromatic carbocycles. The summed E-state index contributed by atoms with van der Waals surface area (Å²) in [4.78, 5) is 26.4. The minimum absolute atomic E-state index is 0.0572. The molecule has 0 fully saturated rings. The van der Waals surface area contributed by atoms with E-state index in [4.69, 9.17) is 0 Å². The van der Waals surface area contributed by atoms with Gasteiger partial charge >= 0.3 is 0 Å². The molecule has 0 aliphatic carbocycles. The highest BCUT2D eigenvalue weighted by Gasteiger charge is 2.13. The van der Waals surface area contributed by atoms with Gasteiger partial charge in [-0.05, 0) is 36.2 Å². The number of nitrogens with zero attached hydrogens (tertiary/aromatic N) is 1. The molecular weight excluding hydrogens is 380 g/mol. The zero-order valence-electron chi connectivity index (χ0n) is 14.4. The van der Waals surface area contributed by atoms with E-state index in [1.165, 1.54) is 0 Å². The van der Waals surface area contributed by atoms with Gasteiger partial charge in [-0.25, -0.2) is 0 Å². The molecule has 0 aliphatic heterocycles. The molecule has 0 unspecified atom stereocenters. The van der Waals surface area contributed by atoms with Crippen molar-refractivity contribution in [2.24, 2.45) is 0 Å². The zero-order valence-corrected chi connectivity index (χ0v) is 16.0. The van der Waals surface area contributed by atoms with E-state index in [0.717, 1.165) is 16.5 Å². The Hall–Kier alpha value is -2.14. The van der Waals surface area contributed by atoms with Crippen molar-refractivity contribution in [3.05, 3.63) is 70.2 Å². The first-order valence-electron chi connectivity index (χ1n) is 8.45. The Morgan fingerprint density at radius 3 is 2.36 bits per heavy atom. The van der Waals surface area contributed by atoms with E-state index in [2.05, 4.69) is 28.2 Å². The van der Waals surface area contributed by atoms with Crippen LogP contribution in [0.1, 0.15) is 35.7 Å². The van der Waals surface area contributed by atoms with Crippen molar-refractivity contribution in [1.29, 1.82) is 0 Å². The van der Waals surface area contributed by atoms with Crippen molar-refractivity contribution in [3.8, 4) is 0 Å². The number of carbonyl (C=O) groups excluding carboxylic acids is 2. The Bertz CT molecular complexity index is 687. The maximum atomic E-state index is 12.5. The Morgan fingerprint density at radius 1 is 1.04 bits per heavy atom. The van der Waals surface area contributed by atoms with Gasteiger partial charge in [-0.1, -0.05) is 53.2 Å². The van der Waals surface area contributed by atoms with Gasteiger partial charge in [0.1, 0.15) is 0 Å². The second-order valence-corrected chi connectivity index (χ2v) is 6.73. The minimum Gasteiger partial charge on any atom is -0.352 e. The van der Waals surface area contributed by atoms with Gasteiger partial charge in [0.25, 0.3) is 5.91 Å². The largest absolute Gasteiger partial charge is 0.352 e. The highest BCUT2D eigenvalue weighted by Crippen LogP contribution is 2.10. The Balaban J connectivity index is 1.84. The predicted molar refractivity (Wildman–Crippen MR) is 103 cm³/mol. The van der Waals surface area contributed by atoms with E-state index in [9.17, 15) is 9.59 Å². The van der Waals surface area contributed by atoms with Gasteiger partial charge in [0, 0.05) is 36.1 Å². The van der Waals surface area contributed by atoms with Crippen LogP contribution in [0, 0.1) is 0 Å². The number of nitrogens with one attached hydrogen (secondary N) is 1. The molecule has 0 atom stereocenters. The Morgan fingerprint density at radius 2 is 1.72 bits per heavy atom. The molecule has 2 aromatic rings. The molecule has 0 spiro atoms. The molecule has 4 nitrogen and oxygen atoms in total. The number of rotatable bonds is 8. The van der Waals surface area contributed by atoms with Gasteiger partial charge in [-0.15, -0.1) is 0 Å². The van der Waals surface area contributed by atoms with Crippen LogP contribution >= 0.6 is 15.9 Å². The van der Waals surface area contributed by atoms with Gasteiger partial charge in [-0.3, -0.25) is 9.59 Å². The summed E-state index contributed by atoms with van der Waals surface area (Å²) in [6.07, 6.45) is 1.21. The summed E-state index contributed by atoms with van der Waals surface area (Å²) in [6.45, 7) is 3.71. The Labute approximate surface area is 157 Å². The van der Waals surface area contributed by atoms with Crippen LogP contribution in [0.4, 0.5) is 0 Å². The molecule has 5 heteroatoms. The number of hydrogen-bond acceptors (Lipinski definition) is 2. The molecule has 132 valence electrons. The van der Waals surface area contributed by atoms with Crippen LogP contribution in [0.15, 0.2) is 59.1 Å². The first-order valence-corrected chi connectivity index (χ1v) is 9.25. The molecule has 0 aromatic heterocycles. The van der Waals surface area contributed by atoms with Crippen molar-refractivity contribution in [2.45, 2.75) is 26.3 Å². The van der Waals surface area contributed by atoms with Crippen molar-refractivity contribution >= 4 is 27.7 Å². The van der Waals surface area contributed by atoms with Crippen molar-refractivity contribution < 1.29 is 9.59 Å². The summed E-state index contributed by atoms with van der Waals surface area (Å²) < 4.78 is 0.926. The molecule has 0 saturated heterocycles. The number of benzene rings is 2. The fourth-order valence-electron chi connectivity index (χ4n) is 2.51. The number of halogens is 1. The maximum Gasteiger partial charge on any atom is 0.251 e. The summed E-state index contributed by atoms with van der Waals surface area (Å²) in [5.74, 6) is -0.104. The zero-order chi connectivity index (χ0) is 18.1. The van der Waals surface area contributed by atoms with Gasteiger partial charge in [0.15, 0.2) is 0 Å². The summed E-state index contributed by atoms with van der Waals surface area (Å²) >= 11 is 3.34. The first kappa shape index (κ1) is 19.2. The van der Waals surface area contributed by atoms with Crippen molar-refractivity contribution in [2.75, 3.05) is 13.1 Å². The molecule has 1 N–H and O–H groups in total. The molecule has 0 saturated carbocycles. The topological polar surface area (TPSA) is 49.4 Å². The lowest BCUT2D eigenvalue weighted by atomic mass is 10.2. The van der Waals surface area contributed by atoms with Gasteiger partial charge in [0.05, 0.1) is 0 Å². The average Bonchev–Trinajstić information content (AvgIpc) is 2.62. The van der Waals surface area contributed by atoms with E-state index in [-0.39, 0.29) is 11.8 Å². The molecule has 0 bridgehead atoms. The van der Waals surface area contributed by atoms with Gasteiger partial charge in [-0.2, -0.15) is 0 Å². The van der Waals surface area contributed by atoms with Crippen molar-refractivity contribution in [3.63, 3.8) is 0 Å². The maximum absolute atomic E-state index is 12.5. The fraction of sp³-hybridized carbons (Fsp3) is 0.300. The molecule has 0 heterocycles. The summed E-state index contributed by atoms with van der Waals surface area (Å²) in [7, 11) is 0. The molecular formula is C20H23BrN2O2. The molecule has 0 aliphatic rings. The third-order valence-electron chi connectivity index (χ3n) is 3.79. The normalized spacial score (nSPS) is 10.3. The average molecular weight is 403 g/mol. The van der Waals surface area contributed by atoms with E-state index in [1.807, 2.05) is 47.4 Å². The third kappa shape index (κ3) is 6.35. The summed E-state index contributed by atoms with van der Waals surface area (Å²) in [5.41, 5.74) is 1.70. The lowest BCUT2D eigenvalue weighted by molar-refractivity contribution is -0.131. The van der Waals surface area contributed by atoms with E-state index >= 15 is 0 Å².